The molecule has 2 saturated heterocycles. The van der Waals surface area contributed by atoms with Crippen LogP contribution in [0.3, 0.4) is 0 Å². The fraction of sp³-hybridized carbons (Fsp3) is 0.394. The van der Waals surface area contributed by atoms with Crippen molar-refractivity contribution in [1.82, 2.24) is 15.5 Å². The molecular formula is C33H38ClN5O4S. The monoisotopic (exact) mass is 635 g/mol. The van der Waals surface area contributed by atoms with Crippen molar-refractivity contribution in [2.45, 2.75) is 36.8 Å². The number of carbonyl (C=O) groups is 2. The van der Waals surface area contributed by atoms with E-state index in [-0.39, 0.29) is 17.2 Å². The van der Waals surface area contributed by atoms with Crippen molar-refractivity contribution in [2.24, 2.45) is 0 Å². The molecule has 0 saturated carbocycles. The Balaban J connectivity index is 1.18. The number of likely N-dealkylation sites (tertiary alicyclic amines) is 1. The van der Waals surface area contributed by atoms with Gasteiger partial charge in [-0.25, -0.2) is 8.42 Å². The van der Waals surface area contributed by atoms with E-state index >= 15 is 0 Å². The molecule has 3 heterocycles. The molecule has 3 aromatic carbocycles. The average Bonchev–Trinajstić information content (AvgIpc) is 3.36. The number of anilines is 2. The average molecular weight is 636 g/mol. The Kier molecular flexibility index (Phi) is 8.59. The van der Waals surface area contributed by atoms with E-state index in [1.165, 1.54) is 10.6 Å². The lowest BCUT2D eigenvalue weighted by Gasteiger charge is -2.41. The maximum absolute atomic E-state index is 14.1. The summed E-state index contributed by atoms with van der Waals surface area (Å²) in [5, 5.41) is 7.01. The van der Waals surface area contributed by atoms with Gasteiger partial charge in [-0.15, -0.1) is 0 Å². The molecular weight excluding hydrogens is 598 g/mol. The van der Waals surface area contributed by atoms with Crippen molar-refractivity contribution >= 4 is 44.8 Å². The van der Waals surface area contributed by atoms with Crippen LogP contribution in [-0.2, 0) is 31.4 Å². The number of halogens is 1. The zero-order chi connectivity index (χ0) is 30.9. The third-order valence-corrected chi connectivity index (χ3v) is 10.6. The molecule has 1 spiro atoms. The normalized spacial score (nSPS) is 20.3. The molecule has 2 N–H and O–H groups in total. The van der Waals surface area contributed by atoms with Gasteiger partial charge in [0.25, 0.3) is 0 Å². The summed E-state index contributed by atoms with van der Waals surface area (Å²) in [5.74, 6) is -0.343. The third kappa shape index (κ3) is 6.29. The highest BCUT2D eigenvalue weighted by molar-refractivity contribution is 7.92. The predicted octanol–water partition coefficient (Wildman–Crippen LogP) is 3.19. The van der Waals surface area contributed by atoms with Gasteiger partial charge in [0, 0.05) is 61.8 Å². The maximum atomic E-state index is 14.1. The van der Waals surface area contributed by atoms with E-state index in [1.807, 2.05) is 71.6 Å². The van der Waals surface area contributed by atoms with Crippen molar-refractivity contribution in [1.29, 1.82) is 0 Å². The van der Waals surface area contributed by atoms with Gasteiger partial charge in [0.05, 0.1) is 11.9 Å². The molecule has 11 heteroatoms. The van der Waals surface area contributed by atoms with E-state index in [4.69, 9.17) is 11.6 Å². The van der Waals surface area contributed by atoms with Gasteiger partial charge in [-0.05, 0) is 54.3 Å². The van der Waals surface area contributed by atoms with Crippen LogP contribution in [-0.4, -0.2) is 82.7 Å². The van der Waals surface area contributed by atoms with E-state index in [0.717, 1.165) is 29.0 Å². The molecule has 0 bridgehead atoms. The van der Waals surface area contributed by atoms with E-state index in [9.17, 15) is 18.0 Å². The summed E-state index contributed by atoms with van der Waals surface area (Å²) >= 11 is 6.12. The minimum absolute atomic E-state index is 0.134. The molecule has 2 fully saturated rings. The topological polar surface area (TPSA) is 102 Å². The highest BCUT2D eigenvalue weighted by atomic mass is 35.5. The van der Waals surface area contributed by atoms with E-state index < -0.39 is 22.1 Å². The Bertz CT molecular complexity index is 1610. The van der Waals surface area contributed by atoms with Gasteiger partial charge in [-0.1, -0.05) is 60.1 Å². The Labute approximate surface area is 264 Å². The fourth-order valence-corrected chi connectivity index (χ4v) is 7.94. The molecule has 2 amide bonds. The summed E-state index contributed by atoms with van der Waals surface area (Å²) < 4.78 is 26.7. The molecule has 2 atom stereocenters. The minimum Gasteiger partial charge on any atom is -0.368 e. The van der Waals surface area contributed by atoms with Gasteiger partial charge < -0.3 is 20.4 Å². The van der Waals surface area contributed by atoms with Crippen LogP contribution in [0.25, 0.3) is 0 Å². The SMILES string of the molecule is CS(=O)(=O)N1CC2(CCN(C(=O)[C@@H](Cc3ccc(Cl)cc3)NC(=O)C3CN(c4ccccc4)CCN3)CC2)c2ccccc21. The second-order valence-electron chi connectivity index (χ2n) is 12.1. The van der Waals surface area contributed by atoms with Crippen molar-refractivity contribution in [2.75, 3.05) is 54.7 Å². The van der Waals surface area contributed by atoms with Crippen LogP contribution in [0.2, 0.25) is 5.02 Å². The first-order chi connectivity index (χ1) is 21.1. The van der Waals surface area contributed by atoms with Crippen molar-refractivity contribution in [3.8, 4) is 0 Å². The van der Waals surface area contributed by atoms with Gasteiger partial charge >= 0.3 is 0 Å². The van der Waals surface area contributed by atoms with Crippen molar-refractivity contribution in [3.63, 3.8) is 0 Å². The number of nitrogens with one attached hydrogen (secondary N) is 2. The highest BCUT2D eigenvalue weighted by Gasteiger charge is 2.48. The standard InChI is InChI=1S/C33H38ClN5O4S/c1-44(42,43)39-23-33(27-9-5-6-10-30(27)39)15-18-37(19-16-33)32(41)28(21-24-11-13-25(34)14-12-24)36-31(40)29-22-38(20-17-35-29)26-7-3-2-4-8-26/h2-14,28-29,35H,15-23H2,1H3,(H,36,40)/t28-,29?/m1/s1. The first-order valence-electron chi connectivity index (χ1n) is 15.1. The molecule has 3 aromatic rings. The molecule has 6 rings (SSSR count). The zero-order valence-electron chi connectivity index (χ0n) is 24.8. The third-order valence-electron chi connectivity index (χ3n) is 9.20. The summed E-state index contributed by atoms with van der Waals surface area (Å²) in [5.41, 5.74) is 3.36. The van der Waals surface area contributed by atoms with Crippen LogP contribution >= 0.6 is 11.6 Å². The maximum Gasteiger partial charge on any atom is 0.245 e. The number of hydrogen-bond donors (Lipinski definition) is 2. The number of fused-ring (bicyclic) bond motifs is 2. The van der Waals surface area contributed by atoms with E-state index in [1.54, 1.807) is 12.1 Å². The Morgan fingerprint density at radius 3 is 2.36 bits per heavy atom. The summed E-state index contributed by atoms with van der Waals surface area (Å²) in [6.07, 6.45) is 2.86. The van der Waals surface area contributed by atoms with Crippen LogP contribution in [0.5, 0.6) is 0 Å². The van der Waals surface area contributed by atoms with Gasteiger partial charge in [0.15, 0.2) is 0 Å². The summed E-state index contributed by atoms with van der Waals surface area (Å²) in [4.78, 5) is 31.7. The van der Waals surface area contributed by atoms with E-state index in [2.05, 4.69) is 15.5 Å². The quantitative estimate of drug-likeness (QED) is 0.414. The lowest BCUT2D eigenvalue weighted by atomic mass is 9.74. The smallest absolute Gasteiger partial charge is 0.245 e. The number of benzene rings is 3. The van der Waals surface area contributed by atoms with Gasteiger partial charge in [0.2, 0.25) is 21.8 Å². The number of piperidine rings is 1. The number of sulfonamides is 1. The first-order valence-corrected chi connectivity index (χ1v) is 17.3. The van der Waals surface area contributed by atoms with Crippen molar-refractivity contribution < 1.29 is 18.0 Å². The van der Waals surface area contributed by atoms with Crippen LogP contribution < -0.4 is 19.8 Å². The second kappa shape index (κ2) is 12.4. The minimum atomic E-state index is -3.43. The number of hydrogen-bond acceptors (Lipinski definition) is 6. The molecule has 232 valence electrons. The summed E-state index contributed by atoms with van der Waals surface area (Å²) in [6.45, 7) is 3.27. The Morgan fingerprint density at radius 2 is 1.66 bits per heavy atom. The molecule has 44 heavy (non-hydrogen) atoms. The fourth-order valence-electron chi connectivity index (χ4n) is 6.81. The van der Waals surface area contributed by atoms with Crippen LogP contribution in [0.1, 0.15) is 24.0 Å². The Hall–Kier alpha value is -3.60. The van der Waals surface area contributed by atoms with Gasteiger partial charge in [0.1, 0.15) is 12.1 Å². The van der Waals surface area contributed by atoms with Crippen LogP contribution in [0.15, 0.2) is 78.9 Å². The van der Waals surface area contributed by atoms with Crippen LogP contribution in [0.4, 0.5) is 11.4 Å². The molecule has 0 radical (unpaired) electrons. The van der Waals surface area contributed by atoms with Crippen LogP contribution in [0, 0.1) is 0 Å². The number of piperazine rings is 1. The largest absolute Gasteiger partial charge is 0.368 e. The number of carbonyl (C=O) groups excluding carboxylic acids is 2. The first kappa shape index (κ1) is 30.4. The molecule has 0 aliphatic carbocycles. The molecule has 1 unspecified atom stereocenters. The van der Waals surface area contributed by atoms with Gasteiger partial charge in [-0.2, -0.15) is 0 Å². The molecule has 0 aromatic heterocycles. The summed E-state index contributed by atoms with van der Waals surface area (Å²) in [7, 11) is -3.43. The van der Waals surface area contributed by atoms with Gasteiger partial charge in [-0.3, -0.25) is 13.9 Å². The van der Waals surface area contributed by atoms with Crippen molar-refractivity contribution in [3.05, 3.63) is 95.0 Å². The highest BCUT2D eigenvalue weighted by Crippen LogP contribution is 2.47. The molecule has 9 nitrogen and oxygen atoms in total. The zero-order valence-corrected chi connectivity index (χ0v) is 26.4. The second-order valence-corrected chi connectivity index (χ2v) is 14.4. The molecule has 3 aliphatic heterocycles. The number of rotatable bonds is 7. The number of para-hydroxylation sites is 2. The molecule has 3 aliphatic rings. The number of nitrogens with zero attached hydrogens (tertiary/aromatic N) is 3. The van der Waals surface area contributed by atoms with E-state index in [0.29, 0.717) is 57.0 Å². The lowest BCUT2D eigenvalue weighted by Crippen LogP contribution is -2.61. The predicted molar refractivity (Wildman–Crippen MR) is 174 cm³/mol. The number of amides is 2. The summed E-state index contributed by atoms with van der Waals surface area (Å²) in [6, 6.07) is 23.8. The Morgan fingerprint density at radius 1 is 0.977 bits per heavy atom. The lowest BCUT2D eigenvalue weighted by molar-refractivity contribution is -0.138.